The standard InChI is InChI=1S/C27H30ClN3O4S.C22H30ClN5O4/c1-3-34-16-21(17-35-4-2)24-25-20(15-31(26(24)32)23-13-9-8-12-22(23)28)14-29-27(30-25)36(33)18-19-10-6-5-7-11-19;1-4-31-13-17(14-32-5-2)28-20-16(10-24-21(26-20)25-15(3)12-29)11-27(22(28)30)19-9-7-6-8-18(19)23/h5-14,21,24H,3-4,15-18H2,1-2H3;6-10,15,17,29H,4-5,11-14H2,1-3H3,(H,24,25,26). The van der Waals surface area contributed by atoms with Crippen LogP contribution in [0.5, 0.6) is 0 Å². The summed E-state index contributed by atoms with van der Waals surface area (Å²) in [6, 6.07) is 23.2. The molecule has 364 valence electrons. The lowest BCUT2D eigenvalue weighted by Crippen LogP contribution is -2.55. The normalized spacial score (nSPS) is 15.5. The Morgan fingerprint density at radius 1 is 0.735 bits per heavy atom. The smallest absolute Gasteiger partial charge is 0.330 e. The first-order chi connectivity index (χ1) is 33.0. The number of hydrogen-bond donors (Lipinski definition) is 2. The van der Waals surface area contributed by atoms with Crippen LogP contribution in [0.4, 0.5) is 27.9 Å². The zero-order valence-corrected chi connectivity index (χ0v) is 41.4. The molecule has 3 aromatic carbocycles. The highest BCUT2D eigenvalue weighted by Gasteiger charge is 2.42. The van der Waals surface area contributed by atoms with Gasteiger partial charge in [0.2, 0.25) is 17.0 Å². The number of anilines is 4. The number of aromatic nitrogens is 4. The number of benzene rings is 3. The maximum Gasteiger partial charge on any atom is 0.330 e. The summed E-state index contributed by atoms with van der Waals surface area (Å²) >= 11 is 12.9. The molecule has 2 aromatic heterocycles. The number of amides is 3. The van der Waals surface area contributed by atoms with Crippen LogP contribution in [0.15, 0.2) is 96.4 Å². The molecule has 3 unspecified atom stereocenters. The second-order valence-electron chi connectivity index (χ2n) is 15.9. The van der Waals surface area contributed by atoms with Gasteiger partial charge in [-0.05, 0) is 64.4 Å². The molecule has 0 saturated heterocycles. The average Bonchev–Trinajstić information content (AvgIpc) is 3.35. The average molecular weight is 992 g/mol. The Morgan fingerprint density at radius 2 is 1.28 bits per heavy atom. The van der Waals surface area contributed by atoms with E-state index in [0.29, 0.717) is 84.3 Å². The number of ether oxygens (including phenoxy) is 4. The van der Waals surface area contributed by atoms with E-state index in [4.69, 9.17) is 47.1 Å². The number of para-hydroxylation sites is 2. The van der Waals surface area contributed by atoms with E-state index >= 15 is 0 Å². The SMILES string of the molecule is CCOCC(COCC)C1C(=O)N(c2ccccc2Cl)Cc2cnc(S(=O)Cc3ccccc3)nc21.CCOCC(COCC)N1C(=O)N(c2ccccc2Cl)Cc2cnc(NC(C)CO)nc21. The summed E-state index contributed by atoms with van der Waals surface area (Å²) in [5.74, 6) is 0.0424. The molecule has 2 aliphatic heterocycles. The lowest BCUT2D eigenvalue weighted by atomic mass is 9.84. The molecule has 4 heterocycles. The summed E-state index contributed by atoms with van der Waals surface area (Å²) in [5.41, 5.74) is 4.31. The van der Waals surface area contributed by atoms with Gasteiger partial charge in [0.1, 0.15) is 5.82 Å². The molecule has 2 N–H and O–H groups in total. The van der Waals surface area contributed by atoms with E-state index in [2.05, 4.69) is 20.3 Å². The summed E-state index contributed by atoms with van der Waals surface area (Å²) in [6.45, 7) is 13.2. The van der Waals surface area contributed by atoms with E-state index in [0.717, 1.165) is 16.7 Å². The van der Waals surface area contributed by atoms with Crippen molar-refractivity contribution < 1.29 is 37.9 Å². The summed E-state index contributed by atoms with van der Waals surface area (Å²) in [6.07, 6.45) is 3.37. The van der Waals surface area contributed by atoms with Crippen molar-refractivity contribution in [2.45, 2.75) is 76.6 Å². The number of fused-ring (bicyclic) bond motifs is 2. The molecule has 0 radical (unpaired) electrons. The van der Waals surface area contributed by atoms with Gasteiger partial charge in [0.25, 0.3) is 0 Å². The highest BCUT2D eigenvalue weighted by atomic mass is 35.5. The largest absolute Gasteiger partial charge is 0.394 e. The Balaban J connectivity index is 0.000000226. The predicted molar refractivity (Wildman–Crippen MR) is 265 cm³/mol. The van der Waals surface area contributed by atoms with Gasteiger partial charge in [0.05, 0.1) is 102 Å². The van der Waals surface area contributed by atoms with Crippen molar-refractivity contribution in [2.24, 2.45) is 5.92 Å². The van der Waals surface area contributed by atoms with E-state index in [1.165, 1.54) is 0 Å². The number of urea groups is 1. The van der Waals surface area contributed by atoms with Crippen LogP contribution < -0.4 is 20.0 Å². The molecule has 5 aromatic rings. The van der Waals surface area contributed by atoms with Crippen molar-refractivity contribution >= 4 is 69.1 Å². The highest BCUT2D eigenvalue weighted by Crippen LogP contribution is 2.39. The van der Waals surface area contributed by atoms with Gasteiger partial charge in [-0.15, -0.1) is 0 Å². The number of nitrogens with one attached hydrogen (secondary N) is 1. The minimum absolute atomic E-state index is 0.0688. The number of carbonyl (C=O) groups excluding carboxylic acids is 2. The summed E-state index contributed by atoms with van der Waals surface area (Å²) in [5, 5.41) is 13.6. The van der Waals surface area contributed by atoms with Crippen LogP contribution in [0.25, 0.3) is 0 Å². The molecule has 2 aliphatic rings. The molecular formula is C49H60Cl2N8O8S. The van der Waals surface area contributed by atoms with Gasteiger partial charge in [-0.25, -0.2) is 19.7 Å². The summed E-state index contributed by atoms with van der Waals surface area (Å²) in [7, 11) is -1.46. The van der Waals surface area contributed by atoms with Gasteiger partial charge in [-0.3, -0.25) is 18.8 Å². The number of halogens is 2. The molecule has 0 aliphatic carbocycles. The third kappa shape index (κ3) is 13.1. The van der Waals surface area contributed by atoms with E-state index < -0.39 is 22.8 Å². The van der Waals surface area contributed by atoms with E-state index in [-0.39, 0.29) is 62.0 Å². The molecular weight excluding hydrogens is 932 g/mol. The molecule has 3 atom stereocenters. The fraction of sp³-hybridized carbons (Fsp3) is 0.429. The Bertz CT molecular complexity index is 2440. The van der Waals surface area contributed by atoms with Crippen molar-refractivity contribution in [1.29, 1.82) is 0 Å². The zero-order chi connectivity index (χ0) is 48.6. The molecule has 0 fully saturated rings. The molecule has 0 spiro atoms. The number of aliphatic hydroxyl groups excluding tert-OH is 1. The van der Waals surface area contributed by atoms with Crippen molar-refractivity contribution in [3.05, 3.63) is 124 Å². The second kappa shape index (κ2) is 26.0. The number of aliphatic hydroxyl groups is 1. The number of carbonyl (C=O) groups is 2. The number of hydrogen-bond acceptors (Lipinski definition) is 13. The molecule has 16 nitrogen and oxygen atoms in total. The monoisotopic (exact) mass is 990 g/mol. The summed E-state index contributed by atoms with van der Waals surface area (Å²) < 4.78 is 36.0. The zero-order valence-electron chi connectivity index (χ0n) is 39.1. The quantitative estimate of drug-likeness (QED) is 0.0636. The van der Waals surface area contributed by atoms with Crippen LogP contribution in [0.3, 0.4) is 0 Å². The number of nitrogens with zero attached hydrogens (tertiary/aromatic N) is 7. The molecule has 68 heavy (non-hydrogen) atoms. The third-order valence-electron chi connectivity index (χ3n) is 11.1. The van der Waals surface area contributed by atoms with Crippen LogP contribution in [0, 0.1) is 5.92 Å². The van der Waals surface area contributed by atoms with Crippen LogP contribution in [-0.2, 0) is 53.4 Å². The Kier molecular flexibility index (Phi) is 20.0. The molecule has 19 heteroatoms. The van der Waals surface area contributed by atoms with Crippen molar-refractivity contribution in [1.82, 2.24) is 19.9 Å². The van der Waals surface area contributed by atoms with Crippen LogP contribution in [0.2, 0.25) is 10.0 Å². The van der Waals surface area contributed by atoms with Crippen molar-refractivity contribution in [3.8, 4) is 0 Å². The van der Waals surface area contributed by atoms with Gasteiger partial charge in [0, 0.05) is 61.9 Å². The predicted octanol–water partition coefficient (Wildman–Crippen LogP) is 8.07. The first kappa shape index (κ1) is 52.3. The Hall–Kier alpha value is -5.11. The summed E-state index contributed by atoms with van der Waals surface area (Å²) in [4.78, 5) is 50.8. The van der Waals surface area contributed by atoms with Gasteiger partial charge >= 0.3 is 6.03 Å². The molecule has 3 amide bonds. The van der Waals surface area contributed by atoms with Gasteiger partial charge in [-0.2, -0.15) is 4.98 Å². The lowest BCUT2D eigenvalue weighted by Gasteiger charge is -2.40. The minimum Gasteiger partial charge on any atom is -0.394 e. The topological polar surface area (TPSA) is 182 Å². The van der Waals surface area contributed by atoms with Crippen LogP contribution >= 0.6 is 23.2 Å². The second-order valence-corrected chi connectivity index (χ2v) is 18.1. The molecule has 7 rings (SSSR count). The highest BCUT2D eigenvalue weighted by molar-refractivity contribution is 7.84. The number of rotatable bonds is 22. The van der Waals surface area contributed by atoms with E-state index in [1.807, 2.05) is 101 Å². The van der Waals surface area contributed by atoms with Crippen molar-refractivity contribution in [2.75, 3.05) is 79.5 Å². The van der Waals surface area contributed by atoms with Gasteiger partial charge < -0.3 is 34.3 Å². The molecule has 0 saturated carbocycles. The van der Waals surface area contributed by atoms with E-state index in [1.54, 1.807) is 39.2 Å². The van der Waals surface area contributed by atoms with E-state index in [9.17, 15) is 18.9 Å². The first-order valence-corrected chi connectivity index (χ1v) is 24.8. The van der Waals surface area contributed by atoms with Gasteiger partial charge in [-0.1, -0.05) is 77.8 Å². The lowest BCUT2D eigenvalue weighted by molar-refractivity contribution is -0.123. The Labute approximate surface area is 410 Å². The van der Waals surface area contributed by atoms with Crippen LogP contribution in [-0.4, -0.2) is 113 Å². The fourth-order valence-corrected chi connectivity index (χ4v) is 9.18. The van der Waals surface area contributed by atoms with Gasteiger partial charge in [0.15, 0.2) is 0 Å². The Morgan fingerprint density at radius 3 is 1.87 bits per heavy atom. The fourth-order valence-electron chi connectivity index (χ4n) is 7.71. The maximum atomic E-state index is 14.0. The maximum absolute atomic E-state index is 14.0. The third-order valence-corrected chi connectivity index (χ3v) is 12.9. The first-order valence-electron chi connectivity index (χ1n) is 22.8. The minimum atomic E-state index is -1.46. The van der Waals surface area contributed by atoms with Crippen LogP contribution in [0.1, 0.15) is 62.9 Å². The van der Waals surface area contributed by atoms with Crippen molar-refractivity contribution in [3.63, 3.8) is 0 Å². The molecule has 0 bridgehead atoms.